The first-order valence-electron chi connectivity index (χ1n) is 6.09. The van der Waals surface area contributed by atoms with Gasteiger partial charge in [-0.25, -0.2) is 4.39 Å². The average molecular weight is 254 g/mol. The summed E-state index contributed by atoms with van der Waals surface area (Å²) in [6.45, 7) is 2.93. The minimum atomic E-state index is -0.342. The molecule has 0 radical (unpaired) electrons. The molecule has 0 spiro atoms. The first kappa shape index (κ1) is 12.6. The van der Waals surface area contributed by atoms with Gasteiger partial charge in [0.2, 0.25) is 0 Å². The summed E-state index contributed by atoms with van der Waals surface area (Å²) in [4.78, 5) is 0. The van der Waals surface area contributed by atoms with Crippen LogP contribution in [0.5, 0.6) is 0 Å². The van der Waals surface area contributed by atoms with Crippen molar-refractivity contribution >= 4 is 11.6 Å². The van der Waals surface area contributed by atoms with E-state index in [1.165, 1.54) is 18.1 Å². The van der Waals surface area contributed by atoms with Crippen molar-refractivity contribution in [1.29, 1.82) is 0 Å². The van der Waals surface area contributed by atoms with Gasteiger partial charge in [-0.1, -0.05) is 36.2 Å². The molecule has 1 aliphatic rings. The summed E-state index contributed by atoms with van der Waals surface area (Å²) in [5.74, 6) is -0.342. The van der Waals surface area contributed by atoms with Crippen molar-refractivity contribution in [3.05, 3.63) is 46.3 Å². The summed E-state index contributed by atoms with van der Waals surface area (Å²) in [6, 6.07) is 5.20. The molecule has 1 aromatic carbocycles. The largest absolute Gasteiger partial charge is 0.307 e. The van der Waals surface area contributed by atoms with Gasteiger partial charge in [0.15, 0.2) is 0 Å². The summed E-state index contributed by atoms with van der Waals surface area (Å²) >= 11 is 5.71. The fourth-order valence-corrected chi connectivity index (χ4v) is 2.43. The SMILES string of the molecule is CCNC(C1=CCCC1)c1ccc(Cl)c(F)c1. The highest BCUT2D eigenvalue weighted by molar-refractivity contribution is 6.30. The van der Waals surface area contributed by atoms with Crippen molar-refractivity contribution in [3.63, 3.8) is 0 Å². The van der Waals surface area contributed by atoms with Gasteiger partial charge in [0.25, 0.3) is 0 Å². The number of allylic oxidation sites excluding steroid dienone is 1. The molecule has 0 aliphatic heterocycles. The molecule has 1 unspecified atom stereocenters. The number of nitrogens with one attached hydrogen (secondary N) is 1. The molecule has 1 nitrogen and oxygen atoms in total. The molecular formula is C14H17ClFN. The lowest BCUT2D eigenvalue weighted by molar-refractivity contribution is 0.589. The van der Waals surface area contributed by atoms with Crippen LogP contribution in [0, 0.1) is 5.82 Å². The molecule has 2 rings (SSSR count). The van der Waals surface area contributed by atoms with Gasteiger partial charge in [0.1, 0.15) is 5.82 Å². The Morgan fingerprint density at radius 1 is 1.47 bits per heavy atom. The molecule has 0 heterocycles. The smallest absolute Gasteiger partial charge is 0.142 e. The molecule has 0 bridgehead atoms. The van der Waals surface area contributed by atoms with Gasteiger partial charge < -0.3 is 5.32 Å². The molecule has 92 valence electrons. The molecular weight excluding hydrogens is 237 g/mol. The first-order valence-corrected chi connectivity index (χ1v) is 6.47. The molecule has 1 N–H and O–H groups in total. The summed E-state index contributed by atoms with van der Waals surface area (Å²) in [7, 11) is 0. The van der Waals surface area contributed by atoms with Crippen LogP contribution in [-0.4, -0.2) is 6.54 Å². The van der Waals surface area contributed by atoms with E-state index < -0.39 is 0 Å². The third-order valence-electron chi connectivity index (χ3n) is 3.13. The van der Waals surface area contributed by atoms with Gasteiger partial charge in [-0.15, -0.1) is 0 Å². The summed E-state index contributed by atoms with van der Waals surface area (Å²) in [6.07, 6.45) is 5.70. The Morgan fingerprint density at radius 3 is 2.88 bits per heavy atom. The van der Waals surface area contributed by atoms with Gasteiger partial charge in [0, 0.05) is 0 Å². The third-order valence-corrected chi connectivity index (χ3v) is 3.44. The minimum Gasteiger partial charge on any atom is -0.307 e. The van der Waals surface area contributed by atoms with Gasteiger partial charge in [0.05, 0.1) is 11.1 Å². The highest BCUT2D eigenvalue weighted by Crippen LogP contribution is 2.31. The minimum absolute atomic E-state index is 0.134. The number of hydrogen-bond donors (Lipinski definition) is 1. The van der Waals surface area contributed by atoms with E-state index in [0.717, 1.165) is 24.9 Å². The number of halogens is 2. The van der Waals surface area contributed by atoms with Crippen LogP contribution in [0.25, 0.3) is 0 Å². The van der Waals surface area contributed by atoms with Crippen LogP contribution in [0.15, 0.2) is 29.8 Å². The van der Waals surface area contributed by atoms with Crippen LogP contribution in [-0.2, 0) is 0 Å². The molecule has 1 aliphatic carbocycles. The van der Waals surface area contributed by atoms with Gasteiger partial charge in [-0.2, -0.15) is 0 Å². The standard InChI is InChI=1S/C14H17ClFN/c1-2-17-14(10-5-3-4-6-10)11-7-8-12(15)13(16)9-11/h5,7-9,14,17H,2-4,6H2,1H3. The molecule has 3 heteroatoms. The monoisotopic (exact) mass is 253 g/mol. The molecule has 1 atom stereocenters. The van der Waals surface area contributed by atoms with E-state index in [1.807, 2.05) is 6.07 Å². The molecule has 1 aromatic rings. The number of likely N-dealkylation sites (N-methyl/N-ethyl adjacent to an activating group) is 1. The zero-order valence-electron chi connectivity index (χ0n) is 9.97. The lowest BCUT2D eigenvalue weighted by Crippen LogP contribution is -2.22. The second-order valence-electron chi connectivity index (χ2n) is 4.34. The first-order chi connectivity index (χ1) is 8.22. The third kappa shape index (κ3) is 2.88. The maximum absolute atomic E-state index is 13.5. The highest BCUT2D eigenvalue weighted by Gasteiger charge is 2.18. The summed E-state index contributed by atoms with van der Waals surface area (Å²) in [5.41, 5.74) is 2.33. The van der Waals surface area contributed by atoms with Gasteiger partial charge in [-0.3, -0.25) is 0 Å². The van der Waals surface area contributed by atoms with Gasteiger partial charge >= 0.3 is 0 Å². The zero-order valence-corrected chi connectivity index (χ0v) is 10.7. The Hall–Kier alpha value is -0.860. The quantitative estimate of drug-likeness (QED) is 0.792. The molecule has 0 aromatic heterocycles. The summed E-state index contributed by atoms with van der Waals surface area (Å²) < 4.78 is 13.5. The average Bonchev–Trinajstić information content (AvgIpc) is 2.83. The molecule has 0 saturated heterocycles. The zero-order chi connectivity index (χ0) is 12.3. The van der Waals surface area contributed by atoms with E-state index in [-0.39, 0.29) is 16.9 Å². The van der Waals surface area contributed by atoms with Crippen LogP contribution in [0.1, 0.15) is 37.8 Å². The van der Waals surface area contributed by atoms with Crippen molar-refractivity contribution in [3.8, 4) is 0 Å². The Balaban J connectivity index is 2.28. The lowest BCUT2D eigenvalue weighted by Gasteiger charge is -2.20. The predicted molar refractivity (Wildman–Crippen MR) is 69.8 cm³/mol. The number of benzene rings is 1. The molecule has 0 saturated carbocycles. The molecule has 0 fully saturated rings. The normalized spacial score (nSPS) is 17.0. The topological polar surface area (TPSA) is 12.0 Å². The van der Waals surface area contributed by atoms with Crippen molar-refractivity contribution in [2.24, 2.45) is 0 Å². The van der Waals surface area contributed by atoms with Crippen LogP contribution in [0.4, 0.5) is 4.39 Å². The van der Waals surface area contributed by atoms with Crippen molar-refractivity contribution in [1.82, 2.24) is 5.32 Å². The Kier molecular flexibility index (Phi) is 4.19. The fourth-order valence-electron chi connectivity index (χ4n) is 2.32. The fraction of sp³-hybridized carbons (Fsp3) is 0.429. The second-order valence-corrected chi connectivity index (χ2v) is 4.74. The maximum atomic E-state index is 13.5. The van der Waals surface area contributed by atoms with E-state index >= 15 is 0 Å². The van der Waals surface area contributed by atoms with E-state index in [0.29, 0.717) is 0 Å². The van der Waals surface area contributed by atoms with Crippen molar-refractivity contribution in [2.45, 2.75) is 32.2 Å². The second kappa shape index (κ2) is 5.65. The maximum Gasteiger partial charge on any atom is 0.142 e. The number of hydrogen-bond acceptors (Lipinski definition) is 1. The molecule has 17 heavy (non-hydrogen) atoms. The van der Waals surface area contributed by atoms with Gasteiger partial charge in [-0.05, 0) is 43.5 Å². The predicted octanol–water partition coefficient (Wildman–Crippen LogP) is 4.24. The van der Waals surface area contributed by atoms with Crippen LogP contribution in [0.3, 0.4) is 0 Å². The Bertz CT molecular complexity index is 428. The lowest BCUT2D eigenvalue weighted by atomic mass is 9.98. The highest BCUT2D eigenvalue weighted by atomic mass is 35.5. The van der Waals surface area contributed by atoms with Crippen molar-refractivity contribution < 1.29 is 4.39 Å². The van der Waals surface area contributed by atoms with E-state index in [4.69, 9.17) is 11.6 Å². The van der Waals surface area contributed by atoms with Crippen LogP contribution in [0.2, 0.25) is 5.02 Å². The Morgan fingerprint density at radius 2 is 2.29 bits per heavy atom. The number of rotatable bonds is 4. The van der Waals surface area contributed by atoms with E-state index in [9.17, 15) is 4.39 Å². The van der Waals surface area contributed by atoms with E-state index in [1.54, 1.807) is 6.07 Å². The van der Waals surface area contributed by atoms with Crippen LogP contribution < -0.4 is 5.32 Å². The molecule has 0 amide bonds. The van der Waals surface area contributed by atoms with Crippen LogP contribution >= 0.6 is 11.6 Å². The summed E-state index contributed by atoms with van der Waals surface area (Å²) in [5, 5.41) is 3.59. The Labute approximate surface area is 107 Å². The van der Waals surface area contributed by atoms with Crippen molar-refractivity contribution in [2.75, 3.05) is 6.54 Å². The van der Waals surface area contributed by atoms with E-state index in [2.05, 4.69) is 18.3 Å².